The first kappa shape index (κ1) is 11.0. The van der Waals surface area contributed by atoms with E-state index in [1.807, 2.05) is 0 Å². The molecule has 1 N–H and O–H groups in total. The molecule has 0 saturated carbocycles. The summed E-state index contributed by atoms with van der Waals surface area (Å²) in [5.74, 6) is -6.13. The molecule has 0 aromatic carbocycles. The normalized spacial score (nSPS) is 11.6. The van der Waals surface area contributed by atoms with E-state index in [1.54, 1.807) is 0 Å². The Bertz CT molecular complexity index is 339. The van der Waals surface area contributed by atoms with Gasteiger partial charge in [-0.2, -0.15) is 8.78 Å². The van der Waals surface area contributed by atoms with Gasteiger partial charge in [0.15, 0.2) is 0 Å². The second-order valence-corrected chi connectivity index (χ2v) is 3.38. The molecule has 0 fully saturated rings. The molecular weight excluding hydrogens is 216 g/mol. The van der Waals surface area contributed by atoms with Gasteiger partial charge in [0.05, 0.1) is 6.61 Å². The van der Waals surface area contributed by atoms with E-state index in [1.165, 1.54) is 7.11 Å². The number of carboxylic acids is 1. The van der Waals surface area contributed by atoms with Crippen LogP contribution in [0.15, 0.2) is 5.38 Å². The molecule has 0 aliphatic carbocycles. The van der Waals surface area contributed by atoms with Gasteiger partial charge in [-0.25, -0.2) is 9.78 Å². The summed E-state index contributed by atoms with van der Waals surface area (Å²) in [5, 5.41) is 9.56. The highest BCUT2D eigenvalue weighted by atomic mass is 32.1. The van der Waals surface area contributed by atoms with Gasteiger partial charge >= 0.3 is 11.9 Å². The third kappa shape index (κ3) is 2.05. The maximum atomic E-state index is 12.8. The number of hydrogen-bond acceptors (Lipinski definition) is 4. The van der Waals surface area contributed by atoms with E-state index in [0.29, 0.717) is 5.01 Å². The monoisotopic (exact) mass is 223 g/mol. The molecule has 0 atom stereocenters. The van der Waals surface area contributed by atoms with Gasteiger partial charge in [0.2, 0.25) is 0 Å². The highest BCUT2D eigenvalue weighted by Crippen LogP contribution is 2.29. The van der Waals surface area contributed by atoms with E-state index in [4.69, 9.17) is 5.11 Å². The maximum absolute atomic E-state index is 12.8. The molecule has 78 valence electrons. The van der Waals surface area contributed by atoms with Crippen molar-refractivity contribution in [2.24, 2.45) is 0 Å². The molecule has 0 bridgehead atoms. The van der Waals surface area contributed by atoms with Crippen LogP contribution in [0.2, 0.25) is 0 Å². The van der Waals surface area contributed by atoms with Crippen molar-refractivity contribution in [1.29, 1.82) is 0 Å². The number of methoxy groups -OCH3 is 1. The summed E-state index contributed by atoms with van der Waals surface area (Å²) < 4.78 is 30.3. The van der Waals surface area contributed by atoms with E-state index in [0.717, 1.165) is 16.7 Å². The Morgan fingerprint density at radius 3 is 2.93 bits per heavy atom. The Morgan fingerprint density at radius 2 is 2.43 bits per heavy atom. The Labute approximate surface area is 82.2 Å². The van der Waals surface area contributed by atoms with Crippen LogP contribution in [0.1, 0.15) is 10.7 Å². The van der Waals surface area contributed by atoms with E-state index in [2.05, 4.69) is 9.72 Å². The molecular formula is C7H7F2NO3S. The number of ether oxygens (including phenoxy) is 1. The lowest BCUT2D eigenvalue weighted by atomic mass is 10.3. The first-order valence-corrected chi connectivity index (χ1v) is 4.41. The van der Waals surface area contributed by atoms with Gasteiger partial charge in [0.25, 0.3) is 0 Å². The number of nitrogens with zero attached hydrogens (tertiary/aromatic N) is 1. The van der Waals surface area contributed by atoms with Crippen LogP contribution in [-0.2, 0) is 22.1 Å². The largest absolute Gasteiger partial charge is 0.476 e. The molecule has 1 heterocycles. The summed E-state index contributed by atoms with van der Waals surface area (Å²) in [6, 6.07) is 0. The smallest absolute Gasteiger partial charge is 0.385 e. The number of aliphatic carboxylic acids is 1. The zero-order valence-electron chi connectivity index (χ0n) is 7.16. The second-order valence-electron chi connectivity index (χ2n) is 2.44. The molecule has 1 aromatic heterocycles. The van der Waals surface area contributed by atoms with Crippen LogP contribution in [0, 0.1) is 0 Å². The quantitative estimate of drug-likeness (QED) is 0.839. The third-order valence-corrected chi connectivity index (χ3v) is 2.23. The SMILES string of the molecule is COCc1nc(C(F)(F)C(=O)O)cs1. The van der Waals surface area contributed by atoms with Crippen LogP contribution in [0.5, 0.6) is 0 Å². The highest BCUT2D eigenvalue weighted by molar-refractivity contribution is 7.09. The lowest BCUT2D eigenvalue weighted by Gasteiger charge is -2.06. The highest BCUT2D eigenvalue weighted by Gasteiger charge is 2.43. The summed E-state index contributed by atoms with van der Waals surface area (Å²) in [4.78, 5) is 13.6. The topological polar surface area (TPSA) is 59.4 Å². The van der Waals surface area contributed by atoms with Crippen LogP contribution < -0.4 is 0 Å². The number of hydrogen-bond donors (Lipinski definition) is 1. The average Bonchev–Trinajstić information content (AvgIpc) is 2.53. The molecule has 0 aliphatic rings. The minimum atomic E-state index is -3.93. The van der Waals surface area contributed by atoms with E-state index >= 15 is 0 Å². The Hall–Kier alpha value is -1.08. The van der Waals surface area contributed by atoms with Gasteiger partial charge in [0.1, 0.15) is 10.7 Å². The van der Waals surface area contributed by atoms with E-state index < -0.39 is 17.6 Å². The fourth-order valence-corrected chi connectivity index (χ4v) is 1.54. The molecule has 1 aromatic rings. The maximum Gasteiger partial charge on any atom is 0.385 e. The Morgan fingerprint density at radius 1 is 1.79 bits per heavy atom. The fraction of sp³-hybridized carbons (Fsp3) is 0.429. The molecule has 1 rings (SSSR count). The molecule has 0 radical (unpaired) electrons. The number of rotatable bonds is 4. The Balaban J connectivity index is 2.91. The summed E-state index contributed by atoms with van der Waals surface area (Å²) >= 11 is 0.939. The molecule has 7 heteroatoms. The van der Waals surface area contributed by atoms with E-state index in [9.17, 15) is 13.6 Å². The van der Waals surface area contributed by atoms with Crippen LogP contribution in [0.25, 0.3) is 0 Å². The standard InChI is InChI=1S/C7H7F2NO3S/c1-13-2-5-10-4(3-14-5)7(8,9)6(11)12/h3H,2H2,1H3,(H,11,12). The van der Waals surface area contributed by atoms with Crippen molar-refractivity contribution in [3.05, 3.63) is 16.1 Å². The number of halogens is 2. The zero-order valence-corrected chi connectivity index (χ0v) is 7.98. The Kier molecular flexibility index (Phi) is 3.12. The number of carbonyl (C=O) groups is 1. The third-order valence-electron chi connectivity index (χ3n) is 1.41. The summed E-state index contributed by atoms with van der Waals surface area (Å²) in [5.41, 5.74) is -0.748. The van der Waals surface area contributed by atoms with Gasteiger partial charge < -0.3 is 9.84 Å². The lowest BCUT2D eigenvalue weighted by molar-refractivity contribution is -0.166. The molecule has 0 spiro atoms. The molecule has 0 saturated heterocycles. The van der Waals surface area contributed by atoms with Crippen molar-refractivity contribution in [1.82, 2.24) is 4.98 Å². The lowest BCUT2D eigenvalue weighted by Crippen LogP contribution is -2.25. The van der Waals surface area contributed by atoms with Crippen LogP contribution in [0.4, 0.5) is 8.78 Å². The van der Waals surface area contributed by atoms with Crippen molar-refractivity contribution < 1.29 is 23.4 Å². The van der Waals surface area contributed by atoms with E-state index in [-0.39, 0.29) is 6.61 Å². The van der Waals surface area contributed by atoms with Crippen LogP contribution >= 0.6 is 11.3 Å². The summed E-state index contributed by atoms with van der Waals surface area (Å²) in [6.45, 7) is 0.0976. The number of alkyl halides is 2. The van der Waals surface area contributed by atoms with Gasteiger partial charge in [-0.05, 0) is 0 Å². The zero-order chi connectivity index (χ0) is 10.8. The first-order chi connectivity index (χ1) is 6.48. The van der Waals surface area contributed by atoms with Crippen molar-refractivity contribution in [2.45, 2.75) is 12.5 Å². The van der Waals surface area contributed by atoms with Crippen molar-refractivity contribution in [3.8, 4) is 0 Å². The number of carboxylic acid groups (broad SMARTS) is 1. The molecule has 0 amide bonds. The molecule has 4 nitrogen and oxygen atoms in total. The van der Waals surface area contributed by atoms with Gasteiger partial charge in [-0.3, -0.25) is 0 Å². The van der Waals surface area contributed by atoms with Crippen molar-refractivity contribution in [2.75, 3.05) is 7.11 Å². The molecule has 14 heavy (non-hydrogen) atoms. The average molecular weight is 223 g/mol. The number of aromatic nitrogens is 1. The summed E-state index contributed by atoms with van der Waals surface area (Å²) in [6.07, 6.45) is 0. The van der Waals surface area contributed by atoms with Gasteiger partial charge in [0, 0.05) is 12.5 Å². The van der Waals surface area contributed by atoms with Crippen molar-refractivity contribution in [3.63, 3.8) is 0 Å². The predicted octanol–water partition coefficient (Wildman–Crippen LogP) is 1.47. The first-order valence-electron chi connectivity index (χ1n) is 3.53. The predicted molar refractivity (Wildman–Crippen MR) is 44.4 cm³/mol. The van der Waals surface area contributed by atoms with Crippen LogP contribution in [-0.4, -0.2) is 23.2 Å². The minimum Gasteiger partial charge on any atom is -0.476 e. The van der Waals surface area contributed by atoms with Crippen LogP contribution in [0.3, 0.4) is 0 Å². The number of thiazole rings is 1. The molecule has 0 unspecified atom stereocenters. The molecule has 0 aliphatic heterocycles. The van der Waals surface area contributed by atoms with Crippen molar-refractivity contribution >= 4 is 17.3 Å². The fourth-order valence-electron chi connectivity index (χ4n) is 0.754. The van der Waals surface area contributed by atoms with Gasteiger partial charge in [-0.1, -0.05) is 0 Å². The second kappa shape index (κ2) is 3.97. The minimum absolute atomic E-state index is 0.0976. The summed E-state index contributed by atoms with van der Waals surface area (Å²) in [7, 11) is 1.40. The van der Waals surface area contributed by atoms with Gasteiger partial charge in [-0.15, -0.1) is 11.3 Å².